The number of hydrogen-bond acceptors (Lipinski definition) is 4. The van der Waals surface area contributed by atoms with Crippen LogP contribution in [0.4, 0.5) is 5.69 Å². The molecule has 7 nitrogen and oxygen atoms in total. The maximum Gasteiger partial charge on any atom is 0.264 e. The molecule has 4 rings (SSSR count). The zero-order valence-corrected chi connectivity index (χ0v) is 26.7. The van der Waals surface area contributed by atoms with E-state index in [-0.39, 0.29) is 23.8 Å². The number of halogens is 1. The lowest BCUT2D eigenvalue weighted by molar-refractivity contribution is -0.140. The molecule has 0 radical (unpaired) electrons. The second-order valence-corrected chi connectivity index (χ2v) is 13.1. The van der Waals surface area contributed by atoms with Crippen molar-refractivity contribution in [3.05, 3.63) is 130 Å². The predicted octanol–water partition coefficient (Wildman–Crippen LogP) is 6.12. The molecule has 9 heteroatoms. The number of carbonyl (C=O) groups excluding carboxylic acids is 2. The maximum atomic E-state index is 14.4. The Labute approximate surface area is 262 Å². The maximum absolute atomic E-state index is 14.4. The summed E-state index contributed by atoms with van der Waals surface area (Å²) < 4.78 is 29.8. The van der Waals surface area contributed by atoms with Crippen molar-refractivity contribution in [3.63, 3.8) is 0 Å². The minimum Gasteiger partial charge on any atom is -0.354 e. The van der Waals surface area contributed by atoms with Crippen LogP contribution in [0.25, 0.3) is 0 Å². The van der Waals surface area contributed by atoms with Gasteiger partial charge in [-0.05, 0) is 60.9 Å². The monoisotopic (exact) mass is 661 g/mol. The van der Waals surface area contributed by atoms with Gasteiger partial charge in [0.15, 0.2) is 0 Å². The van der Waals surface area contributed by atoms with Crippen LogP contribution in [0.1, 0.15) is 30.0 Å². The van der Waals surface area contributed by atoms with Crippen LogP contribution in [0.3, 0.4) is 0 Å². The van der Waals surface area contributed by atoms with E-state index in [0.29, 0.717) is 12.2 Å². The summed E-state index contributed by atoms with van der Waals surface area (Å²) >= 11 is 3.41. The molecule has 0 aromatic heterocycles. The lowest BCUT2D eigenvalue weighted by Gasteiger charge is -2.34. The van der Waals surface area contributed by atoms with Crippen molar-refractivity contribution >= 4 is 43.5 Å². The van der Waals surface area contributed by atoms with Gasteiger partial charge in [0.25, 0.3) is 10.0 Å². The first kappa shape index (κ1) is 32.0. The van der Waals surface area contributed by atoms with Gasteiger partial charge in [-0.25, -0.2) is 8.42 Å². The van der Waals surface area contributed by atoms with E-state index in [4.69, 9.17) is 0 Å². The van der Waals surface area contributed by atoms with Crippen molar-refractivity contribution in [3.8, 4) is 0 Å². The predicted molar refractivity (Wildman–Crippen MR) is 174 cm³/mol. The molecule has 0 saturated carbocycles. The van der Waals surface area contributed by atoms with Crippen molar-refractivity contribution in [2.24, 2.45) is 0 Å². The first-order valence-electron chi connectivity index (χ1n) is 14.2. The molecule has 1 N–H and O–H groups in total. The lowest BCUT2D eigenvalue weighted by Crippen LogP contribution is -2.53. The SMILES string of the molecule is CCCNC(=O)[C@@H](Cc1ccccc1)N(Cc1cccc(C)c1)C(=O)CN(c1ccc(Br)cc1)S(=O)(=O)c1ccccc1. The molecule has 0 spiro atoms. The molecular weight excluding hydrogens is 626 g/mol. The Hall–Kier alpha value is -3.95. The molecule has 2 amide bonds. The van der Waals surface area contributed by atoms with Gasteiger partial charge in [-0.1, -0.05) is 101 Å². The van der Waals surface area contributed by atoms with Gasteiger partial charge < -0.3 is 10.2 Å². The van der Waals surface area contributed by atoms with Crippen molar-refractivity contribution in [2.45, 2.75) is 44.2 Å². The van der Waals surface area contributed by atoms with E-state index < -0.39 is 28.5 Å². The number of hydrogen-bond donors (Lipinski definition) is 1. The quantitative estimate of drug-likeness (QED) is 0.187. The number of benzene rings is 4. The first-order valence-corrected chi connectivity index (χ1v) is 16.4. The number of aryl methyl sites for hydroxylation is 1. The second kappa shape index (κ2) is 15.0. The van der Waals surface area contributed by atoms with E-state index >= 15 is 0 Å². The zero-order chi connectivity index (χ0) is 30.8. The van der Waals surface area contributed by atoms with Gasteiger partial charge >= 0.3 is 0 Å². The van der Waals surface area contributed by atoms with Crippen LogP contribution in [0.5, 0.6) is 0 Å². The summed E-state index contributed by atoms with van der Waals surface area (Å²) in [4.78, 5) is 29.7. The summed E-state index contributed by atoms with van der Waals surface area (Å²) in [5.41, 5.74) is 3.09. The van der Waals surface area contributed by atoms with Crippen LogP contribution in [0, 0.1) is 6.92 Å². The van der Waals surface area contributed by atoms with Gasteiger partial charge in [0.1, 0.15) is 12.6 Å². The third kappa shape index (κ3) is 8.55. The summed E-state index contributed by atoms with van der Waals surface area (Å²) in [6.07, 6.45) is 1.01. The van der Waals surface area contributed by atoms with Crippen LogP contribution in [-0.4, -0.2) is 44.3 Å². The van der Waals surface area contributed by atoms with Gasteiger partial charge in [0.2, 0.25) is 11.8 Å². The topological polar surface area (TPSA) is 86.8 Å². The molecule has 224 valence electrons. The van der Waals surface area contributed by atoms with E-state index in [1.807, 2.05) is 68.4 Å². The Kier molecular flexibility index (Phi) is 11.1. The Morgan fingerprint density at radius 1 is 0.837 bits per heavy atom. The van der Waals surface area contributed by atoms with Gasteiger partial charge in [-0.3, -0.25) is 13.9 Å². The number of anilines is 1. The fraction of sp³-hybridized carbons (Fsp3) is 0.235. The summed E-state index contributed by atoms with van der Waals surface area (Å²) in [7, 11) is -4.12. The highest BCUT2D eigenvalue weighted by Crippen LogP contribution is 2.26. The smallest absolute Gasteiger partial charge is 0.264 e. The average molecular weight is 663 g/mol. The largest absolute Gasteiger partial charge is 0.354 e. The van der Waals surface area contributed by atoms with Crippen molar-refractivity contribution in [1.29, 1.82) is 0 Å². The second-order valence-electron chi connectivity index (χ2n) is 10.3. The van der Waals surface area contributed by atoms with Crippen molar-refractivity contribution in [2.75, 3.05) is 17.4 Å². The molecular formula is C34H36BrN3O4S. The third-order valence-electron chi connectivity index (χ3n) is 6.98. The summed E-state index contributed by atoms with van der Waals surface area (Å²) in [5.74, 6) is -0.774. The van der Waals surface area contributed by atoms with E-state index in [0.717, 1.165) is 31.9 Å². The van der Waals surface area contributed by atoms with Gasteiger partial charge in [0, 0.05) is 24.0 Å². The minimum absolute atomic E-state index is 0.0671. The van der Waals surface area contributed by atoms with Gasteiger partial charge in [0.05, 0.1) is 10.6 Å². The number of rotatable bonds is 13. The number of amides is 2. The lowest BCUT2D eigenvalue weighted by atomic mass is 10.0. The minimum atomic E-state index is -4.12. The molecule has 4 aromatic rings. The first-order chi connectivity index (χ1) is 20.7. The molecule has 0 aliphatic heterocycles. The normalized spacial score (nSPS) is 11.9. The van der Waals surface area contributed by atoms with Crippen LogP contribution in [0.2, 0.25) is 0 Å². The summed E-state index contributed by atoms with van der Waals surface area (Å²) in [5, 5.41) is 2.96. The van der Waals surface area contributed by atoms with Gasteiger partial charge in [-0.15, -0.1) is 0 Å². The highest BCUT2D eigenvalue weighted by molar-refractivity contribution is 9.10. The molecule has 0 aliphatic carbocycles. The Morgan fingerprint density at radius 2 is 1.47 bits per heavy atom. The number of nitrogens with zero attached hydrogens (tertiary/aromatic N) is 2. The third-order valence-corrected chi connectivity index (χ3v) is 9.30. The zero-order valence-electron chi connectivity index (χ0n) is 24.3. The highest BCUT2D eigenvalue weighted by atomic mass is 79.9. The molecule has 0 saturated heterocycles. The van der Waals surface area contributed by atoms with Crippen molar-refractivity contribution in [1.82, 2.24) is 10.2 Å². The van der Waals surface area contributed by atoms with E-state index in [2.05, 4.69) is 21.2 Å². The molecule has 4 aromatic carbocycles. The molecule has 0 unspecified atom stereocenters. The fourth-order valence-corrected chi connectivity index (χ4v) is 6.48. The molecule has 0 fully saturated rings. The van der Waals surface area contributed by atoms with Crippen molar-refractivity contribution < 1.29 is 18.0 Å². The fourth-order valence-electron chi connectivity index (χ4n) is 4.78. The Morgan fingerprint density at radius 3 is 2.09 bits per heavy atom. The molecule has 1 atom stereocenters. The number of nitrogens with one attached hydrogen (secondary N) is 1. The van der Waals surface area contributed by atoms with E-state index in [1.165, 1.54) is 17.0 Å². The van der Waals surface area contributed by atoms with Crippen LogP contribution >= 0.6 is 15.9 Å². The van der Waals surface area contributed by atoms with Crippen LogP contribution in [-0.2, 0) is 32.6 Å². The summed E-state index contributed by atoms with van der Waals surface area (Å²) in [6.45, 7) is 4.04. The molecule has 0 heterocycles. The molecule has 0 bridgehead atoms. The highest BCUT2D eigenvalue weighted by Gasteiger charge is 2.34. The van der Waals surface area contributed by atoms with Crippen LogP contribution < -0.4 is 9.62 Å². The number of sulfonamides is 1. The molecule has 0 aliphatic rings. The van der Waals surface area contributed by atoms with Crippen LogP contribution in [0.15, 0.2) is 119 Å². The van der Waals surface area contributed by atoms with E-state index in [1.54, 1.807) is 42.5 Å². The standard InChI is InChI=1S/C34H36BrN3O4S/c1-3-21-36-34(40)32(23-27-12-6-4-7-13-27)37(24-28-14-10-11-26(2)22-28)33(39)25-38(30-19-17-29(35)18-20-30)43(41,42)31-15-8-5-9-16-31/h4-20,22,32H,3,21,23-25H2,1-2H3,(H,36,40)/t32-/m1/s1. The Bertz CT molecular complexity index is 1610. The molecule has 43 heavy (non-hydrogen) atoms. The van der Waals surface area contributed by atoms with Gasteiger partial charge in [-0.2, -0.15) is 0 Å². The number of carbonyl (C=O) groups is 2. The van der Waals surface area contributed by atoms with E-state index in [9.17, 15) is 18.0 Å². The Balaban J connectivity index is 1.78. The summed E-state index contributed by atoms with van der Waals surface area (Å²) in [6, 6.07) is 31.2. The average Bonchev–Trinajstić information content (AvgIpc) is 3.01.